The highest BCUT2D eigenvalue weighted by Gasteiger charge is 2.03. The molecule has 0 bridgehead atoms. The maximum Gasteiger partial charge on any atom is 0.193 e. The molecule has 0 saturated carbocycles. The van der Waals surface area contributed by atoms with E-state index in [9.17, 15) is 0 Å². The van der Waals surface area contributed by atoms with Gasteiger partial charge in [-0.25, -0.2) is 4.99 Å². The third-order valence-corrected chi connectivity index (χ3v) is 3.32. The highest BCUT2D eigenvalue weighted by molar-refractivity contribution is 14.0. The van der Waals surface area contributed by atoms with E-state index in [1.54, 1.807) is 0 Å². The molecule has 2 aromatic rings. The molecule has 2 rings (SSSR count). The molecular weight excluding hydrogens is 399 g/mol. The Balaban J connectivity index is 0.00000264. The Labute approximate surface area is 155 Å². The van der Waals surface area contributed by atoms with Crippen molar-refractivity contribution in [2.45, 2.75) is 20.0 Å². The van der Waals surface area contributed by atoms with Crippen LogP contribution in [0.15, 0.2) is 53.5 Å². The lowest BCUT2D eigenvalue weighted by Gasteiger charge is -2.13. The van der Waals surface area contributed by atoms with Crippen LogP contribution >= 0.6 is 24.0 Å². The number of nitrogens with zero attached hydrogens (tertiary/aromatic N) is 2. The maximum atomic E-state index is 5.98. The molecule has 0 heterocycles. The maximum absolute atomic E-state index is 5.98. The van der Waals surface area contributed by atoms with Crippen LogP contribution in [-0.4, -0.2) is 25.0 Å². The molecule has 0 aliphatic heterocycles. The summed E-state index contributed by atoms with van der Waals surface area (Å²) in [6, 6.07) is 16.4. The lowest BCUT2D eigenvalue weighted by atomic mass is 10.1. The van der Waals surface area contributed by atoms with Crippen molar-refractivity contribution in [1.82, 2.24) is 4.90 Å². The molecule has 124 valence electrons. The number of anilines is 1. The van der Waals surface area contributed by atoms with Crippen molar-refractivity contribution in [1.29, 1.82) is 0 Å². The summed E-state index contributed by atoms with van der Waals surface area (Å²) in [5, 5.41) is 3.13. The van der Waals surface area contributed by atoms with Gasteiger partial charge >= 0.3 is 0 Å². The summed E-state index contributed by atoms with van der Waals surface area (Å²) in [5.74, 6) is 0.435. The Kier molecular flexibility index (Phi) is 8.05. The minimum Gasteiger partial charge on any atom is -0.370 e. The monoisotopic (exact) mass is 424 g/mol. The second-order valence-electron chi connectivity index (χ2n) is 5.70. The average Bonchev–Trinajstić information content (AvgIpc) is 2.46. The number of rotatable bonds is 5. The van der Waals surface area contributed by atoms with Crippen LogP contribution in [0.5, 0.6) is 0 Å². The number of halogens is 1. The normalized spacial score (nSPS) is 11.2. The van der Waals surface area contributed by atoms with Crippen LogP contribution in [0.1, 0.15) is 16.7 Å². The molecule has 0 saturated heterocycles. The minimum absolute atomic E-state index is 0. The fourth-order valence-electron chi connectivity index (χ4n) is 2.29. The molecule has 5 heteroatoms. The second kappa shape index (κ2) is 9.52. The second-order valence-corrected chi connectivity index (χ2v) is 5.70. The number of hydrogen-bond acceptors (Lipinski definition) is 2. The Morgan fingerprint density at radius 3 is 2.43 bits per heavy atom. The van der Waals surface area contributed by atoms with Crippen molar-refractivity contribution in [3.05, 3.63) is 65.2 Å². The first-order chi connectivity index (χ1) is 10.5. The highest BCUT2D eigenvalue weighted by atomic mass is 127. The molecule has 0 fully saturated rings. The third-order valence-electron chi connectivity index (χ3n) is 3.32. The van der Waals surface area contributed by atoms with Gasteiger partial charge in [0.15, 0.2) is 5.96 Å². The fraction of sp³-hybridized carbons (Fsp3) is 0.278. The molecule has 2 aromatic carbocycles. The number of aliphatic imine (C=N–C) groups is 1. The molecule has 0 radical (unpaired) electrons. The van der Waals surface area contributed by atoms with Crippen molar-refractivity contribution in [3.63, 3.8) is 0 Å². The summed E-state index contributed by atoms with van der Waals surface area (Å²) in [4.78, 5) is 6.60. The Morgan fingerprint density at radius 2 is 1.78 bits per heavy atom. The minimum atomic E-state index is 0. The lowest BCUT2D eigenvalue weighted by molar-refractivity contribution is 0.401. The van der Waals surface area contributed by atoms with Gasteiger partial charge in [0.05, 0.1) is 6.54 Å². The van der Waals surface area contributed by atoms with E-state index in [1.807, 2.05) is 24.3 Å². The summed E-state index contributed by atoms with van der Waals surface area (Å²) >= 11 is 0. The van der Waals surface area contributed by atoms with Gasteiger partial charge in [-0.2, -0.15) is 0 Å². The summed E-state index contributed by atoms with van der Waals surface area (Å²) in [7, 11) is 4.13. The van der Waals surface area contributed by atoms with Crippen LogP contribution in [-0.2, 0) is 13.1 Å². The van der Waals surface area contributed by atoms with Crippen LogP contribution in [0.2, 0.25) is 0 Å². The zero-order valence-electron chi connectivity index (χ0n) is 13.9. The van der Waals surface area contributed by atoms with Gasteiger partial charge in [0.1, 0.15) is 0 Å². The van der Waals surface area contributed by atoms with Gasteiger partial charge in [0, 0.05) is 12.2 Å². The Hall–Kier alpha value is -1.60. The Morgan fingerprint density at radius 1 is 1.09 bits per heavy atom. The number of benzene rings is 2. The number of nitrogens with two attached hydrogens (primary N) is 1. The summed E-state index contributed by atoms with van der Waals surface area (Å²) < 4.78 is 0. The van der Waals surface area contributed by atoms with Crippen molar-refractivity contribution in [2.24, 2.45) is 10.7 Å². The van der Waals surface area contributed by atoms with E-state index in [0.717, 1.165) is 12.2 Å². The highest BCUT2D eigenvalue weighted by Crippen LogP contribution is 2.12. The van der Waals surface area contributed by atoms with Gasteiger partial charge < -0.3 is 16.0 Å². The molecule has 0 spiro atoms. The van der Waals surface area contributed by atoms with E-state index < -0.39 is 0 Å². The third kappa shape index (κ3) is 6.58. The van der Waals surface area contributed by atoms with Crippen molar-refractivity contribution >= 4 is 35.6 Å². The predicted molar refractivity (Wildman–Crippen MR) is 109 cm³/mol. The molecule has 0 aliphatic carbocycles. The van der Waals surface area contributed by atoms with Gasteiger partial charge in [-0.05, 0) is 49.8 Å². The molecular formula is C18H25IN4. The zero-order valence-corrected chi connectivity index (χ0v) is 16.2. The first-order valence-corrected chi connectivity index (χ1v) is 7.39. The quantitative estimate of drug-likeness (QED) is 0.438. The number of hydrogen-bond donors (Lipinski definition) is 2. The predicted octanol–water partition coefficient (Wildman–Crippen LogP) is 3.60. The van der Waals surface area contributed by atoms with E-state index in [0.29, 0.717) is 12.5 Å². The summed E-state index contributed by atoms with van der Waals surface area (Å²) in [6.07, 6.45) is 0. The van der Waals surface area contributed by atoms with Gasteiger partial charge in [0.2, 0.25) is 0 Å². The molecule has 0 amide bonds. The van der Waals surface area contributed by atoms with E-state index >= 15 is 0 Å². The molecule has 0 aromatic heterocycles. The fourth-order valence-corrected chi connectivity index (χ4v) is 2.29. The topological polar surface area (TPSA) is 53.6 Å². The lowest BCUT2D eigenvalue weighted by Crippen LogP contribution is -2.22. The average molecular weight is 424 g/mol. The number of aryl methyl sites for hydroxylation is 1. The van der Waals surface area contributed by atoms with Crippen LogP contribution in [0.3, 0.4) is 0 Å². The van der Waals surface area contributed by atoms with E-state index in [-0.39, 0.29) is 24.0 Å². The van der Waals surface area contributed by atoms with Crippen LogP contribution in [0, 0.1) is 6.92 Å². The van der Waals surface area contributed by atoms with E-state index in [1.165, 1.54) is 16.7 Å². The van der Waals surface area contributed by atoms with Gasteiger partial charge in [-0.15, -0.1) is 24.0 Å². The molecule has 0 aliphatic rings. The van der Waals surface area contributed by atoms with Crippen molar-refractivity contribution in [2.75, 3.05) is 19.4 Å². The smallest absolute Gasteiger partial charge is 0.193 e. The Bertz CT molecular complexity index is 653. The van der Waals surface area contributed by atoms with Gasteiger partial charge in [0.25, 0.3) is 0 Å². The molecule has 4 nitrogen and oxygen atoms in total. The first-order valence-electron chi connectivity index (χ1n) is 7.39. The van der Waals surface area contributed by atoms with E-state index in [4.69, 9.17) is 5.73 Å². The molecule has 0 unspecified atom stereocenters. The standard InChI is InChI=1S/C18H24N4.HI/c1-14-7-6-10-17(11-14)21-18(19)20-12-15-8-4-5-9-16(15)13-22(2)3;/h4-11H,12-13H2,1-3H3,(H3,19,20,21);1H. The zero-order chi connectivity index (χ0) is 15.9. The van der Waals surface area contributed by atoms with Crippen LogP contribution < -0.4 is 11.1 Å². The summed E-state index contributed by atoms with van der Waals surface area (Å²) in [5.41, 5.74) is 10.6. The van der Waals surface area contributed by atoms with Gasteiger partial charge in [-0.3, -0.25) is 0 Å². The number of guanidine groups is 1. The van der Waals surface area contributed by atoms with Crippen LogP contribution in [0.25, 0.3) is 0 Å². The van der Waals surface area contributed by atoms with E-state index in [2.05, 4.69) is 60.5 Å². The largest absolute Gasteiger partial charge is 0.370 e. The van der Waals surface area contributed by atoms with Crippen molar-refractivity contribution < 1.29 is 0 Å². The molecule has 3 N–H and O–H groups in total. The molecule has 0 atom stereocenters. The van der Waals surface area contributed by atoms with Gasteiger partial charge in [-0.1, -0.05) is 36.4 Å². The number of nitrogens with one attached hydrogen (secondary N) is 1. The first kappa shape index (κ1) is 19.4. The molecule has 23 heavy (non-hydrogen) atoms. The van der Waals surface area contributed by atoms with Crippen molar-refractivity contribution in [3.8, 4) is 0 Å². The summed E-state index contributed by atoms with van der Waals surface area (Å²) in [6.45, 7) is 3.53. The SMILES string of the molecule is Cc1cccc(NC(N)=NCc2ccccc2CN(C)C)c1.I. The van der Waals surface area contributed by atoms with Crippen LogP contribution in [0.4, 0.5) is 5.69 Å².